The first-order chi connectivity index (χ1) is 9.79. The van der Waals surface area contributed by atoms with Crippen molar-refractivity contribution in [2.45, 2.75) is 26.4 Å². The van der Waals surface area contributed by atoms with Crippen molar-refractivity contribution >= 4 is 15.9 Å². The van der Waals surface area contributed by atoms with Crippen molar-refractivity contribution in [2.75, 3.05) is 13.2 Å². The Morgan fingerprint density at radius 1 is 1.40 bits per heavy atom. The summed E-state index contributed by atoms with van der Waals surface area (Å²) in [6.45, 7) is 5.55. The zero-order valence-electron chi connectivity index (χ0n) is 11.7. The Balaban J connectivity index is 1.80. The summed E-state index contributed by atoms with van der Waals surface area (Å²) in [6.07, 6.45) is 6.56. The van der Waals surface area contributed by atoms with Crippen LogP contribution in [0.1, 0.15) is 18.9 Å². The van der Waals surface area contributed by atoms with E-state index < -0.39 is 0 Å². The second-order valence-corrected chi connectivity index (χ2v) is 5.39. The summed E-state index contributed by atoms with van der Waals surface area (Å²) in [6, 6.07) is 6.12. The van der Waals surface area contributed by atoms with Crippen LogP contribution in [-0.2, 0) is 13.1 Å². The normalized spacial score (nSPS) is 10.7. The molecule has 4 nitrogen and oxygen atoms in total. The van der Waals surface area contributed by atoms with E-state index in [1.165, 1.54) is 5.56 Å². The Kier molecular flexibility index (Phi) is 6.08. The molecule has 1 N–H and O–H groups in total. The van der Waals surface area contributed by atoms with E-state index in [4.69, 9.17) is 4.74 Å². The van der Waals surface area contributed by atoms with Crippen molar-refractivity contribution in [3.63, 3.8) is 0 Å². The molecule has 0 aliphatic carbocycles. The molecule has 0 aliphatic rings. The molecule has 0 fully saturated rings. The molecule has 1 heterocycles. The third kappa shape index (κ3) is 4.65. The third-order valence-electron chi connectivity index (χ3n) is 2.97. The van der Waals surface area contributed by atoms with Gasteiger partial charge in [-0.3, -0.25) is 0 Å². The van der Waals surface area contributed by atoms with Crippen LogP contribution in [0, 0.1) is 0 Å². The highest BCUT2D eigenvalue weighted by Gasteiger charge is 2.02. The molecular formula is C15H20BrN3O. The number of ether oxygens (including phenoxy) is 1. The van der Waals surface area contributed by atoms with Crippen molar-refractivity contribution in [3.05, 3.63) is 47.0 Å². The summed E-state index contributed by atoms with van der Waals surface area (Å²) < 4.78 is 8.97. The van der Waals surface area contributed by atoms with Crippen LogP contribution in [0.5, 0.6) is 5.75 Å². The zero-order chi connectivity index (χ0) is 14.2. The number of benzene rings is 1. The van der Waals surface area contributed by atoms with Gasteiger partial charge in [0.05, 0.1) is 12.9 Å². The average molecular weight is 338 g/mol. The molecule has 0 radical (unpaired) electrons. The van der Waals surface area contributed by atoms with Crippen LogP contribution < -0.4 is 10.1 Å². The van der Waals surface area contributed by atoms with Crippen LogP contribution in [-0.4, -0.2) is 22.7 Å². The van der Waals surface area contributed by atoms with Crippen LogP contribution in [0.2, 0.25) is 0 Å². The number of aryl methyl sites for hydroxylation is 1. The molecule has 0 saturated heterocycles. The lowest BCUT2D eigenvalue weighted by Crippen LogP contribution is -2.12. The Labute approximate surface area is 128 Å². The monoisotopic (exact) mass is 337 g/mol. The first-order valence-electron chi connectivity index (χ1n) is 6.87. The first kappa shape index (κ1) is 15.1. The van der Waals surface area contributed by atoms with Gasteiger partial charge in [-0.2, -0.15) is 0 Å². The molecule has 0 aliphatic heterocycles. The Bertz CT molecular complexity index is 514. The van der Waals surface area contributed by atoms with E-state index in [9.17, 15) is 0 Å². The third-order valence-corrected chi connectivity index (χ3v) is 3.74. The summed E-state index contributed by atoms with van der Waals surface area (Å²) in [5.74, 6) is 0.923. The van der Waals surface area contributed by atoms with Gasteiger partial charge in [-0.05, 0) is 36.7 Å². The molecule has 5 heteroatoms. The number of rotatable bonds is 8. The van der Waals surface area contributed by atoms with E-state index in [2.05, 4.69) is 43.8 Å². The minimum absolute atomic E-state index is 0.709. The van der Waals surface area contributed by atoms with Gasteiger partial charge in [0, 0.05) is 30.0 Å². The number of aromatic nitrogens is 2. The molecule has 20 heavy (non-hydrogen) atoms. The highest BCUT2D eigenvalue weighted by atomic mass is 79.9. The van der Waals surface area contributed by atoms with E-state index >= 15 is 0 Å². The van der Waals surface area contributed by atoms with Crippen LogP contribution in [0.15, 0.2) is 41.4 Å². The Hall–Kier alpha value is -1.33. The van der Waals surface area contributed by atoms with Crippen molar-refractivity contribution in [3.8, 4) is 5.75 Å². The lowest BCUT2D eigenvalue weighted by molar-refractivity contribution is 0.301. The van der Waals surface area contributed by atoms with E-state index in [-0.39, 0.29) is 0 Å². The van der Waals surface area contributed by atoms with Gasteiger partial charge in [-0.15, -0.1) is 0 Å². The average Bonchev–Trinajstić information content (AvgIpc) is 2.97. The molecule has 0 saturated carbocycles. The summed E-state index contributed by atoms with van der Waals surface area (Å²) in [4.78, 5) is 4.02. The van der Waals surface area contributed by atoms with Crippen LogP contribution in [0.3, 0.4) is 0 Å². The van der Waals surface area contributed by atoms with Gasteiger partial charge in [-0.25, -0.2) is 4.98 Å². The van der Waals surface area contributed by atoms with E-state index in [0.29, 0.717) is 6.61 Å². The molecule has 1 aromatic carbocycles. The minimum Gasteiger partial charge on any atom is -0.494 e. The van der Waals surface area contributed by atoms with Gasteiger partial charge < -0.3 is 14.6 Å². The maximum absolute atomic E-state index is 5.80. The second kappa shape index (κ2) is 8.07. The largest absolute Gasteiger partial charge is 0.494 e. The SMILES string of the molecule is CCNCc1cc(OCCCn2ccnc2)ccc1Br. The molecule has 0 unspecified atom stereocenters. The van der Waals surface area contributed by atoms with Gasteiger partial charge in [0.2, 0.25) is 0 Å². The van der Waals surface area contributed by atoms with E-state index in [1.54, 1.807) is 6.20 Å². The molecule has 2 rings (SSSR count). The molecular weight excluding hydrogens is 318 g/mol. The second-order valence-electron chi connectivity index (χ2n) is 4.54. The lowest BCUT2D eigenvalue weighted by atomic mass is 10.2. The fourth-order valence-electron chi connectivity index (χ4n) is 1.89. The van der Waals surface area contributed by atoms with Crippen molar-refractivity contribution in [1.82, 2.24) is 14.9 Å². The standard InChI is InChI=1S/C15H20BrN3O/c1-2-17-11-13-10-14(4-5-15(13)16)20-9-3-7-19-8-6-18-12-19/h4-6,8,10,12,17H,2-3,7,9,11H2,1H3. The summed E-state index contributed by atoms with van der Waals surface area (Å²) in [5, 5.41) is 3.32. The number of nitrogens with zero attached hydrogens (tertiary/aromatic N) is 2. The van der Waals surface area contributed by atoms with E-state index in [0.717, 1.165) is 36.3 Å². The fraction of sp³-hybridized carbons (Fsp3) is 0.400. The van der Waals surface area contributed by atoms with Crippen LogP contribution in [0.4, 0.5) is 0 Å². The predicted octanol–water partition coefficient (Wildman–Crippen LogP) is 3.22. The molecule has 0 atom stereocenters. The van der Waals surface area contributed by atoms with Gasteiger partial charge in [0.15, 0.2) is 0 Å². The number of halogens is 1. The Morgan fingerprint density at radius 3 is 3.05 bits per heavy atom. The van der Waals surface area contributed by atoms with Crippen molar-refractivity contribution in [2.24, 2.45) is 0 Å². The quantitative estimate of drug-likeness (QED) is 0.751. The highest BCUT2D eigenvalue weighted by molar-refractivity contribution is 9.10. The van der Waals surface area contributed by atoms with Gasteiger partial charge >= 0.3 is 0 Å². The smallest absolute Gasteiger partial charge is 0.119 e. The fourth-order valence-corrected chi connectivity index (χ4v) is 2.28. The Morgan fingerprint density at radius 2 is 2.30 bits per heavy atom. The van der Waals surface area contributed by atoms with Crippen LogP contribution in [0.25, 0.3) is 0 Å². The maximum atomic E-state index is 5.80. The summed E-state index contributed by atoms with van der Waals surface area (Å²) in [5.41, 5.74) is 1.22. The summed E-state index contributed by atoms with van der Waals surface area (Å²) in [7, 11) is 0. The maximum Gasteiger partial charge on any atom is 0.119 e. The highest BCUT2D eigenvalue weighted by Crippen LogP contribution is 2.22. The predicted molar refractivity (Wildman–Crippen MR) is 83.9 cm³/mol. The molecule has 2 aromatic rings. The zero-order valence-corrected chi connectivity index (χ0v) is 13.3. The summed E-state index contributed by atoms with van der Waals surface area (Å²) >= 11 is 3.56. The molecule has 0 bridgehead atoms. The topological polar surface area (TPSA) is 39.1 Å². The minimum atomic E-state index is 0.709. The number of hydrogen-bond donors (Lipinski definition) is 1. The van der Waals surface area contributed by atoms with Crippen LogP contribution >= 0.6 is 15.9 Å². The molecule has 0 amide bonds. The van der Waals surface area contributed by atoms with Crippen molar-refractivity contribution < 1.29 is 4.74 Å². The molecule has 1 aromatic heterocycles. The number of nitrogens with one attached hydrogen (secondary N) is 1. The van der Waals surface area contributed by atoms with Gasteiger partial charge in [0.1, 0.15) is 5.75 Å². The molecule has 0 spiro atoms. The molecule has 108 valence electrons. The van der Waals surface area contributed by atoms with Crippen molar-refractivity contribution in [1.29, 1.82) is 0 Å². The number of hydrogen-bond acceptors (Lipinski definition) is 3. The first-order valence-corrected chi connectivity index (χ1v) is 7.66. The lowest BCUT2D eigenvalue weighted by Gasteiger charge is -2.10. The van der Waals surface area contributed by atoms with Gasteiger partial charge in [0.25, 0.3) is 0 Å². The van der Waals surface area contributed by atoms with Gasteiger partial charge in [-0.1, -0.05) is 22.9 Å². The van der Waals surface area contributed by atoms with E-state index in [1.807, 2.05) is 24.7 Å². The number of imidazole rings is 1.